The topological polar surface area (TPSA) is 24.4 Å². The lowest BCUT2D eigenvalue weighted by atomic mass is 9.87. The first-order valence-electron chi connectivity index (χ1n) is 4.78. The smallest absolute Gasteiger partial charge is 0.290 e. The van der Waals surface area contributed by atoms with Crippen LogP contribution in [0.2, 0.25) is 15.1 Å². The zero-order valence-corrected chi connectivity index (χ0v) is 10.9. The first-order valence-corrected chi connectivity index (χ1v) is 5.92. The molecule has 1 heterocycles. The average Bonchev–Trinajstić information content (AvgIpc) is 2.74. The van der Waals surface area contributed by atoms with Gasteiger partial charge in [0, 0.05) is 12.6 Å². The Kier molecular flexibility index (Phi) is 3.42. The molecular formula is C10H6Cl3F3N2. The summed E-state index contributed by atoms with van der Waals surface area (Å²) in [4.78, 5) is 0. The molecule has 1 aliphatic heterocycles. The lowest BCUT2D eigenvalue weighted by molar-refractivity contribution is -0.196. The summed E-state index contributed by atoms with van der Waals surface area (Å²) >= 11 is 17.2. The van der Waals surface area contributed by atoms with Gasteiger partial charge in [0.05, 0.1) is 15.1 Å². The molecule has 0 spiro atoms. The maximum Gasteiger partial charge on any atom is 0.417 e. The molecule has 1 aromatic carbocycles. The molecule has 2 rings (SSSR count). The Morgan fingerprint density at radius 2 is 1.72 bits per heavy atom. The van der Waals surface area contributed by atoms with E-state index in [-0.39, 0.29) is 27.1 Å². The van der Waals surface area contributed by atoms with Crippen LogP contribution in [-0.2, 0) is 5.54 Å². The van der Waals surface area contributed by atoms with Gasteiger partial charge >= 0.3 is 6.18 Å². The second-order valence-corrected chi connectivity index (χ2v) is 4.98. The van der Waals surface area contributed by atoms with Crippen LogP contribution in [0.3, 0.4) is 0 Å². The molecule has 18 heavy (non-hydrogen) atoms. The van der Waals surface area contributed by atoms with E-state index in [1.165, 1.54) is 0 Å². The third kappa shape index (κ3) is 2.04. The second kappa shape index (κ2) is 4.47. The molecule has 0 radical (unpaired) electrons. The van der Waals surface area contributed by atoms with Crippen molar-refractivity contribution in [2.75, 3.05) is 0 Å². The third-order valence-corrected chi connectivity index (χ3v) is 3.90. The van der Waals surface area contributed by atoms with Crippen LogP contribution in [-0.4, -0.2) is 12.4 Å². The summed E-state index contributed by atoms with van der Waals surface area (Å²) in [6, 6.07) is 2.29. The number of hydrogen-bond donors (Lipinski definition) is 1. The summed E-state index contributed by atoms with van der Waals surface area (Å²) in [6.45, 7) is 0. The normalized spacial score (nSPS) is 23.2. The van der Waals surface area contributed by atoms with Crippen LogP contribution in [0, 0.1) is 0 Å². The van der Waals surface area contributed by atoms with E-state index in [4.69, 9.17) is 34.8 Å². The molecule has 0 aromatic heterocycles. The Morgan fingerprint density at radius 1 is 1.17 bits per heavy atom. The fraction of sp³-hybridized carbons (Fsp3) is 0.300. The van der Waals surface area contributed by atoms with E-state index in [1.807, 2.05) is 0 Å². The van der Waals surface area contributed by atoms with Gasteiger partial charge in [-0.15, -0.1) is 0 Å². The van der Waals surface area contributed by atoms with Crippen molar-refractivity contribution < 1.29 is 13.2 Å². The molecule has 1 N–H and O–H groups in total. The summed E-state index contributed by atoms with van der Waals surface area (Å²) < 4.78 is 39.6. The predicted molar refractivity (Wildman–Crippen MR) is 65.4 cm³/mol. The third-order valence-electron chi connectivity index (χ3n) is 2.70. The van der Waals surface area contributed by atoms with Crippen molar-refractivity contribution in [2.45, 2.75) is 18.1 Å². The number of hydrogen-bond acceptors (Lipinski definition) is 2. The molecular weight excluding hydrogens is 311 g/mol. The van der Waals surface area contributed by atoms with Crippen LogP contribution >= 0.6 is 34.8 Å². The van der Waals surface area contributed by atoms with Crippen LogP contribution in [0.1, 0.15) is 12.0 Å². The van der Waals surface area contributed by atoms with Gasteiger partial charge in [-0.3, -0.25) is 5.43 Å². The monoisotopic (exact) mass is 316 g/mol. The Bertz CT molecular complexity index is 483. The van der Waals surface area contributed by atoms with Crippen LogP contribution in [0.25, 0.3) is 0 Å². The zero-order chi connectivity index (χ0) is 13.6. The standard InChI is InChI=1S/C10H6Cl3F3N2/c11-6-3-5(4-7(12)8(6)13)9(10(14,15)16)1-2-17-18-9/h2-4,18H,1H2. The van der Waals surface area contributed by atoms with E-state index in [0.717, 1.165) is 18.3 Å². The SMILES string of the molecule is FC(F)(F)C1(c2cc(Cl)c(Cl)c(Cl)c2)CC=NN1. The summed E-state index contributed by atoms with van der Waals surface area (Å²) in [7, 11) is 0. The fourth-order valence-corrected chi connectivity index (χ4v) is 2.31. The first kappa shape index (κ1) is 13.8. The van der Waals surface area contributed by atoms with Crippen LogP contribution in [0.5, 0.6) is 0 Å². The largest absolute Gasteiger partial charge is 0.417 e. The minimum atomic E-state index is -4.54. The van der Waals surface area contributed by atoms with E-state index in [0.29, 0.717) is 0 Å². The van der Waals surface area contributed by atoms with Crippen LogP contribution in [0.4, 0.5) is 13.2 Å². The number of halogens is 6. The maximum absolute atomic E-state index is 13.2. The minimum Gasteiger partial charge on any atom is -0.290 e. The van der Waals surface area contributed by atoms with Crippen molar-refractivity contribution in [1.29, 1.82) is 0 Å². The Morgan fingerprint density at radius 3 is 2.11 bits per heavy atom. The molecule has 0 saturated heterocycles. The number of rotatable bonds is 1. The zero-order valence-electron chi connectivity index (χ0n) is 8.65. The van der Waals surface area contributed by atoms with E-state index in [1.54, 1.807) is 0 Å². The number of nitrogens with one attached hydrogen (secondary N) is 1. The van der Waals surface area contributed by atoms with Gasteiger partial charge < -0.3 is 0 Å². The van der Waals surface area contributed by atoms with Gasteiger partial charge in [0.25, 0.3) is 0 Å². The molecule has 1 aliphatic rings. The van der Waals surface area contributed by atoms with Crippen LogP contribution in [0.15, 0.2) is 17.2 Å². The van der Waals surface area contributed by atoms with Gasteiger partial charge in [-0.2, -0.15) is 18.3 Å². The lowest BCUT2D eigenvalue weighted by Gasteiger charge is -2.31. The van der Waals surface area contributed by atoms with Gasteiger partial charge in [0.1, 0.15) is 0 Å². The molecule has 98 valence electrons. The van der Waals surface area contributed by atoms with E-state index >= 15 is 0 Å². The molecule has 0 aliphatic carbocycles. The minimum absolute atomic E-state index is 0.0262. The second-order valence-electron chi connectivity index (χ2n) is 3.78. The number of hydrazone groups is 1. The highest BCUT2D eigenvalue weighted by molar-refractivity contribution is 6.48. The maximum atomic E-state index is 13.2. The highest BCUT2D eigenvalue weighted by atomic mass is 35.5. The summed E-state index contributed by atoms with van der Waals surface area (Å²) in [5, 5.41) is 3.41. The summed E-state index contributed by atoms with van der Waals surface area (Å²) in [5.74, 6) is 0. The van der Waals surface area contributed by atoms with Gasteiger partial charge in [-0.05, 0) is 17.7 Å². The molecule has 1 atom stereocenters. The molecule has 2 nitrogen and oxygen atoms in total. The molecule has 8 heteroatoms. The highest BCUT2D eigenvalue weighted by Crippen LogP contribution is 2.45. The first-order chi connectivity index (χ1) is 8.28. The molecule has 0 amide bonds. The number of alkyl halides is 3. The Labute approximate surface area is 116 Å². The van der Waals surface area contributed by atoms with Gasteiger partial charge in [0.15, 0.2) is 5.54 Å². The van der Waals surface area contributed by atoms with Crippen molar-refractivity contribution in [3.63, 3.8) is 0 Å². The summed E-state index contributed by atoms with van der Waals surface area (Å²) in [6.07, 6.45) is -3.71. The lowest BCUT2D eigenvalue weighted by Crippen LogP contribution is -2.49. The van der Waals surface area contributed by atoms with Crippen molar-refractivity contribution in [3.05, 3.63) is 32.8 Å². The molecule has 1 aromatic rings. The van der Waals surface area contributed by atoms with Gasteiger partial charge in [-0.25, -0.2) is 0 Å². The van der Waals surface area contributed by atoms with E-state index in [2.05, 4.69) is 10.5 Å². The molecule has 0 bridgehead atoms. The van der Waals surface area contributed by atoms with E-state index in [9.17, 15) is 13.2 Å². The van der Waals surface area contributed by atoms with Gasteiger partial charge in [0.2, 0.25) is 0 Å². The van der Waals surface area contributed by atoms with Gasteiger partial charge in [-0.1, -0.05) is 34.8 Å². The highest BCUT2D eigenvalue weighted by Gasteiger charge is 2.57. The van der Waals surface area contributed by atoms with E-state index < -0.39 is 11.7 Å². The Balaban J connectivity index is 2.58. The number of benzene rings is 1. The quantitative estimate of drug-likeness (QED) is 0.764. The number of nitrogens with zero attached hydrogens (tertiary/aromatic N) is 1. The average molecular weight is 318 g/mol. The van der Waals surface area contributed by atoms with Crippen molar-refractivity contribution in [1.82, 2.24) is 5.43 Å². The Hall–Kier alpha value is -0.650. The summed E-state index contributed by atoms with van der Waals surface area (Å²) in [5.41, 5.74) is -0.335. The van der Waals surface area contributed by atoms with Crippen molar-refractivity contribution in [2.24, 2.45) is 5.10 Å². The van der Waals surface area contributed by atoms with Crippen molar-refractivity contribution in [3.8, 4) is 0 Å². The fourth-order valence-electron chi connectivity index (χ4n) is 1.71. The molecule has 0 saturated carbocycles. The molecule has 1 unspecified atom stereocenters. The van der Waals surface area contributed by atoms with Crippen molar-refractivity contribution >= 4 is 41.0 Å². The predicted octanol–water partition coefficient (Wildman–Crippen LogP) is 4.38. The van der Waals surface area contributed by atoms with Crippen LogP contribution < -0.4 is 5.43 Å². The molecule has 0 fully saturated rings.